The highest BCUT2D eigenvalue weighted by Crippen LogP contribution is 2.26. The maximum atomic E-state index is 11.9. The van der Waals surface area contributed by atoms with E-state index in [1.54, 1.807) is 11.3 Å². The van der Waals surface area contributed by atoms with E-state index < -0.39 is 0 Å². The van der Waals surface area contributed by atoms with Gasteiger partial charge in [-0.25, -0.2) is 4.79 Å². The normalized spacial score (nSPS) is 12.2. The molecule has 0 bridgehead atoms. The van der Waals surface area contributed by atoms with Crippen molar-refractivity contribution in [1.29, 1.82) is 0 Å². The Morgan fingerprint density at radius 3 is 2.86 bits per heavy atom. The molecule has 0 spiro atoms. The van der Waals surface area contributed by atoms with Crippen LogP contribution in [0, 0.1) is 0 Å². The van der Waals surface area contributed by atoms with Crippen LogP contribution in [0.25, 0.3) is 10.1 Å². The summed E-state index contributed by atoms with van der Waals surface area (Å²) in [6.45, 7) is 2.03. The zero-order chi connectivity index (χ0) is 14.7. The highest BCUT2D eigenvalue weighted by molar-refractivity contribution is 7.17. The van der Waals surface area contributed by atoms with Crippen molar-refractivity contribution in [2.24, 2.45) is 0 Å². The minimum atomic E-state index is -0.149. The molecule has 3 rings (SSSR count). The number of benzene rings is 1. The van der Waals surface area contributed by atoms with Crippen molar-refractivity contribution in [2.75, 3.05) is 5.32 Å². The molecule has 2 aromatic heterocycles. The quantitative estimate of drug-likeness (QED) is 0.718. The van der Waals surface area contributed by atoms with Crippen molar-refractivity contribution in [2.45, 2.75) is 19.4 Å². The lowest BCUT2D eigenvalue weighted by Gasteiger charge is -2.13. The molecule has 0 saturated carbocycles. The van der Waals surface area contributed by atoms with Gasteiger partial charge < -0.3 is 5.32 Å². The van der Waals surface area contributed by atoms with Gasteiger partial charge in [-0.1, -0.05) is 18.2 Å². The first kappa shape index (κ1) is 14.1. The fourth-order valence-electron chi connectivity index (χ4n) is 2.29. The van der Waals surface area contributed by atoms with E-state index in [2.05, 4.69) is 40.3 Å². The van der Waals surface area contributed by atoms with E-state index in [0.717, 1.165) is 11.4 Å². The summed E-state index contributed by atoms with van der Waals surface area (Å²) in [5, 5.41) is 12.1. The summed E-state index contributed by atoms with van der Waals surface area (Å²) in [4.78, 5) is 11.9. The number of rotatable bonds is 4. The second-order valence-electron chi connectivity index (χ2n) is 4.94. The molecule has 2 N–H and O–H groups in total. The van der Waals surface area contributed by atoms with Gasteiger partial charge in [0, 0.05) is 10.7 Å². The van der Waals surface area contributed by atoms with Crippen LogP contribution in [-0.4, -0.2) is 12.1 Å². The van der Waals surface area contributed by atoms with Crippen LogP contribution in [0.4, 0.5) is 9.80 Å². The van der Waals surface area contributed by atoms with Crippen LogP contribution in [-0.2, 0) is 6.42 Å². The van der Waals surface area contributed by atoms with Gasteiger partial charge in [-0.3, -0.25) is 5.32 Å². The van der Waals surface area contributed by atoms with Crippen molar-refractivity contribution in [1.82, 2.24) is 5.32 Å². The van der Waals surface area contributed by atoms with Gasteiger partial charge in [0.25, 0.3) is 0 Å². The van der Waals surface area contributed by atoms with E-state index in [-0.39, 0.29) is 12.1 Å². The number of fused-ring (bicyclic) bond motifs is 1. The van der Waals surface area contributed by atoms with Gasteiger partial charge in [0.15, 0.2) is 0 Å². The van der Waals surface area contributed by atoms with Gasteiger partial charge in [0.05, 0.1) is 5.00 Å². The fourth-order valence-corrected chi connectivity index (χ4v) is 3.88. The molecule has 1 atom stereocenters. The van der Waals surface area contributed by atoms with Gasteiger partial charge in [-0.05, 0) is 53.3 Å². The number of carbonyl (C=O) groups is 1. The van der Waals surface area contributed by atoms with Crippen LogP contribution < -0.4 is 10.6 Å². The molecule has 0 saturated heterocycles. The lowest BCUT2D eigenvalue weighted by molar-refractivity contribution is 0.249. The number of urea groups is 1. The number of anilines is 1. The average Bonchev–Trinajstić information content (AvgIpc) is 3.09. The number of carbonyl (C=O) groups excluding carboxylic acids is 1. The third-order valence-electron chi connectivity index (χ3n) is 3.22. The zero-order valence-corrected chi connectivity index (χ0v) is 13.3. The van der Waals surface area contributed by atoms with Crippen molar-refractivity contribution in [3.05, 3.63) is 52.7 Å². The van der Waals surface area contributed by atoms with Crippen LogP contribution in [0.15, 0.2) is 47.2 Å². The van der Waals surface area contributed by atoms with E-state index in [4.69, 9.17) is 0 Å². The van der Waals surface area contributed by atoms with Gasteiger partial charge in [-0.2, -0.15) is 0 Å². The highest BCUT2D eigenvalue weighted by atomic mass is 32.1. The molecule has 0 radical (unpaired) electrons. The Morgan fingerprint density at radius 2 is 2.05 bits per heavy atom. The number of thiophene rings is 2. The highest BCUT2D eigenvalue weighted by Gasteiger charge is 2.11. The van der Waals surface area contributed by atoms with Crippen LogP contribution in [0.1, 0.15) is 12.5 Å². The van der Waals surface area contributed by atoms with Crippen LogP contribution in [0.3, 0.4) is 0 Å². The first-order valence-corrected chi connectivity index (χ1v) is 8.54. The molecule has 2 heterocycles. The third kappa shape index (κ3) is 3.43. The fraction of sp³-hybridized carbons (Fsp3) is 0.188. The van der Waals surface area contributed by atoms with Gasteiger partial charge in [0.2, 0.25) is 0 Å². The minimum Gasteiger partial charge on any atom is -0.335 e. The molecule has 5 heteroatoms. The van der Waals surface area contributed by atoms with E-state index >= 15 is 0 Å². The maximum Gasteiger partial charge on any atom is 0.320 e. The first-order chi connectivity index (χ1) is 10.2. The molecule has 108 valence electrons. The molecule has 2 amide bonds. The van der Waals surface area contributed by atoms with Crippen molar-refractivity contribution in [3.8, 4) is 0 Å². The average molecular weight is 316 g/mol. The molecule has 0 aliphatic heterocycles. The Morgan fingerprint density at radius 1 is 1.19 bits per heavy atom. The summed E-state index contributed by atoms with van der Waals surface area (Å²) in [7, 11) is 0. The summed E-state index contributed by atoms with van der Waals surface area (Å²) >= 11 is 3.27. The van der Waals surface area contributed by atoms with Gasteiger partial charge in [-0.15, -0.1) is 22.7 Å². The van der Waals surface area contributed by atoms with Crippen LogP contribution in [0.2, 0.25) is 0 Å². The largest absolute Gasteiger partial charge is 0.335 e. The van der Waals surface area contributed by atoms with E-state index in [1.165, 1.54) is 27.0 Å². The second kappa shape index (κ2) is 6.28. The lowest BCUT2D eigenvalue weighted by atomic mass is 10.1. The van der Waals surface area contributed by atoms with Gasteiger partial charge in [0.1, 0.15) is 0 Å². The second-order valence-corrected chi connectivity index (χ2v) is 6.80. The predicted octanol–water partition coefficient (Wildman–Crippen LogP) is 4.72. The summed E-state index contributed by atoms with van der Waals surface area (Å²) in [5.74, 6) is 0. The van der Waals surface area contributed by atoms with Crippen LogP contribution >= 0.6 is 22.7 Å². The summed E-state index contributed by atoms with van der Waals surface area (Å²) in [5.41, 5.74) is 1.29. The monoisotopic (exact) mass is 316 g/mol. The molecular formula is C16H16N2OS2. The molecule has 3 nitrogen and oxygen atoms in total. The van der Waals surface area contributed by atoms with E-state index in [9.17, 15) is 4.79 Å². The Kier molecular flexibility index (Phi) is 4.22. The minimum absolute atomic E-state index is 0.0861. The molecule has 3 aromatic rings. The molecule has 0 aliphatic rings. The van der Waals surface area contributed by atoms with Gasteiger partial charge >= 0.3 is 6.03 Å². The number of hydrogen-bond acceptors (Lipinski definition) is 3. The molecule has 1 unspecified atom stereocenters. The predicted molar refractivity (Wildman–Crippen MR) is 91.5 cm³/mol. The smallest absolute Gasteiger partial charge is 0.320 e. The third-order valence-corrected chi connectivity index (χ3v) is 5.02. The standard InChI is InChI=1S/C16H16N2OS2/c1-11(17-16(19)18-15-7-4-8-20-15)9-12-10-21-14-6-3-2-5-13(12)14/h2-8,10-11H,9H2,1H3,(H2,17,18,19). The number of nitrogens with one attached hydrogen (secondary N) is 2. The zero-order valence-electron chi connectivity index (χ0n) is 11.6. The first-order valence-electron chi connectivity index (χ1n) is 6.78. The lowest BCUT2D eigenvalue weighted by Crippen LogP contribution is -2.37. The Hall–Kier alpha value is -1.85. The van der Waals surface area contributed by atoms with Crippen LogP contribution in [0.5, 0.6) is 0 Å². The Bertz CT molecular complexity index is 734. The molecule has 0 fully saturated rings. The van der Waals surface area contributed by atoms with E-state index in [0.29, 0.717) is 0 Å². The van der Waals surface area contributed by atoms with Crippen molar-refractivity contribution in [3.63, 3.8) is 0 Å². The van der Waals surface area contributed by atoms with E-state index in [1.807, 2.05) is 24.4 Å². The summed E-state index contributed by atoms with van der Waals surface area (Å²) < 4.78 is 1.29. The molecular weight excluding hydrogens is 300 g/mol. The summed E-state index contributed by atoms with van der Waals surface area (Å²) in [6, 6.07) is 12.1. The SMILES string of the molecule is CC(Cc1csc2ccccc12)NC(=O)Nc1cccs1. The molecule has 21 heavy (non-hydrogen) atoms. The van der Waals surface area contributed by atoms with Crippen molar-refractivity contribution < 1.29 is 4.79 Å². The maximum absolute atomic E-state index is 11.9. The number of hydrogen-bond donors (Lipinski definition) is 2. The topological polar surface area (TPSA) is 41.1 Å². The van der Waals surface area contributed by atoms with Crippen molar-refractivity contribution >= 4 is 43.8 Å². The molecule has 1 aromatic carbocycles. The molecule has 0 aliphatic carbocycles. The number of amides is 2. The Balaban J connectivity index is 1.61. The Labute approximate surface area is 131 Å². The summed E-state index contributed by atoms with van der Waals surface area (Å²) in [6.07, 6.45) is 0.835.